The van der Waals surface area contributed by atoms with E-state index in [1.807, 2.05) is 0 Å². The molecule has 3 N–H and O–H groups in total. The van der Waals surface area contributed by atoms with E-state index in [0.29, 0.717) is 0 Å². The minimum Gasteiger partial charge on any atom is -0.316 e. The minimum absolute atomic E-state index is 0.161. The number of nitrogens with two attached hydrogens (primary N) is 1. The molecular formula is C13H22N2O2S. The van der Waals surface area contributed by atoms with Crippen molar-refractivity contribution in [2.75, 3.05) is 13.1 Å². The molecule has 0 amide bonds. The van der Waals surface area contributed by atoms with Crippen LogP contribution in [0.15, 0.2) is 29.2 Å². The lowest BCUT2D eigenvalue weighted by molar-refractivity contribution is 0.381. The second kappa shape index (κ2) is 5.82. The molecule has 0 aliphatic heterocycles. The Balaban J connectivity index is 2.45. The summed E-state index contributed by atoms with van der Waals surface area (Å²) in [6.45, 7) is 8.39. The third kappa shape index (κ3) is 5.62. The highest BCUT2D eigenvalue weighted by molar-refractivity contribution is 7.89. The first-order chi connectivity index (χ1) is 8.18. The molecule has 0 bridgehead atoms. The lowest BCUT2D eigenvalue weighted by atomic mass is 9.97. The number of hydrogen-bond donors (Lipinski definition) is 2. The van der Waals surface area contributed by atoms with E-state index in [2.05, 4.69) is 26.1 Å². The molecule has 0 unspecified atom stereocenters. The topological polar surface area (TPSA) is 72.2 Å². The van der Waals surface area contributed by atoms with E-state index in [4.69, 9.17) is 5.14 Å². The van der Waals surface area contributed by atoms with Crippen molar-refractivity contribution in [3.63, 3.8) is 0 Å². The number of rotatable bonds is 5. The molecule has 0 aliphatic carbocycles. The van der Waals surface area contributed by atoms with Crippen LogP contribution in [0, 0.1) is 5.41 Å². The maximum absolute atomic E-state index is 11.1. The summed E-state index contributed by atoms with van der Waals surface area (Å²) in [5.41, 5.74) is 1.38. The lowest BCUT2D eigenvalue weighted by Gasteiger charge is -2.18. The summed E-state index contributed by atoms with van der Waals surface area (Å²) in [6, 6.07) is 6.71. The summed E-state index contributed by atoms with van der Waals surface area (Å²) < 4.78 is 22.2. The Bertz CT molecular complexity index is 473. The average molecular weight is 270 g/mol. The zero-order valence-electron chi connectivity index (χ0n) is 11.2. The number of hydrogen-bond acceptors (Lipinski definition) is 3. The van der Waals surface area contributed by atoms with Gasteiger partial charge in [0.1, 0.15) is 0 Å². The predicted octanol–water partition coefficient (Wildman–Crippen LogP) is 1.51. The van der Waals surface area contributed by atoms with Crippen LogP contribution >= 0.6 is 0 Å². The van der Waals surface area contributed by atoms with Crippen LogP contribution in [0.25, 0.3) is 0 Å². The lowest BCUT2D eigenvalue weighted by Crippen LogP contribution is -2.28. The van der Waals surface area contributed by atoms with E-state index >= 15 is 0 Å². The maximum atomic E-state index is 11.1. The van der Waals surface area contributed by atoms with Gasteiger partial charge in [0.2, 0.25) is 10.0 Å². The standard InChI is InChI=1S/C13H22N2O2S/c1-13(2,3)10-15-9-8-11-4-6-12(7-5-11)18(14,16)17/h4-7,15H,8-10H2,1-3H3,(H2,14,16,17). The van der Waals surface area contributed by atoms with Crippen LogP contribution in [0.2, 0.25) is 0 Å². The normalized spacial score (nSPS) is 12.7. The van der Waals surface area contributed by atoms with Gasteiger partial charge in [0, 0.05) is 6.54 Å². The Hall–Kier alpha value is -0.910. The molecule has 102 valence electrons. The first-order valence-electron chi connectivity index (χ1n) is 6.01. The monoisotopic (exact) mass is 270 g/mol. The summed E-state index contributed by atoms with van der Waals surface area (Å²) >= 11 is 0. The van der Waals surface area contributed by atoms with Gasteiger partial charge in [-0.2, -0.15) is 0 Å². The van der Waals surface area contributed by atoms with Crippen LogP contribution < -0.4 is 10.5 Å². The fourth-order valence-electron chi connectivity index (χ4n) is 1.54. The Morgan fingerprint density at radius 2 is 1.72 bits per heavy atom. The van der Waals surface area contributed by atoms with Gasteiger partial charge in [0.25, 0.3) is 0 Å². The maximum Gasteiger partial charge on any atom is 0.238 e. The van der Waals surface area contributed by atoms with Crippen LogP contribution in [-0.4, -0.2) is 21.5 Å². The Morgan fingerprint density at radius 3 is 2.17 bits per heavy atom. The van der Waals surface area contributed by atoms with Gasteiger partial charge in [-0.05, 0) is 36.1 Å². The molecule has 0 radical (unpaired) electrons. The van der Waals surface area contributed by atoms with Crippen molar-refractivity contribution in [1.29, 1.82) is 0 Å². The summed E-state index contributed by atoms with van der Waals surface area (Å²) in [4.78, 5) is 0.161. The van der Waals surface area contributed by atoms with Gasteiger partial charge in [-0.3, -0.25) is 0 Å². The summed E-state index contributed by atoms with van der Waals surface area (Å²) in [7, 11) is -3.58. The van der Waals surface area contributed by atoms with Gasteiger partial charge in [0.05, 0.1) is 4.90 Å². The highest BCUT2D eigenvalue weighted by Crippen LogP contribution is 2.11. The van der Waals surface area contributed by atoms with Crippen LogP contribution in [0.3, 0.4) is 0 Å². The van der Waals surface area contributed by atoms with Crippen molar-refractivity contribution in [1.82, 2.24) is 5.32 Å². The van der Waals surface area contributed by atoms with E-state index in [1.54, 1.807) is 24.3 Å². The fourth-order valence-corrected chi connectivity index (χ4v) is 2.06. The molecule has 0 aliphatic rings. The molecule has 0 saturated heterocycles. The molecule has 1 aromatic carbocycles. The van der Waals surface area contributed by atoms with E-state index in [1.165, 1.54) is 0 Å². The average Bonchev–Trinajstić information content (AvgIpc) is 2.22. The highest BCUT2D eigenvalue weighted by atomic mass is 32.2. The summed E-state index contributed by atoms with van der Waals surface area (Å²) in [5.74, 6) is 0. The number of nitrogens with one attached hydrogen (secondary N) is 1. The largest absolute Gasteiger partial charge is 0.316 e. The van der Waals surface area contributed by atoms with Crippen molar-refractivity contribution in [2.24, 2.45) is 10.6 Å². The molecular weight excluding hydrogens is 248 g/mol. The van der Waals surface area contributed by atoms with Crippen molar-refractivity contribution in [3.8, 4) is 0 Å². The van der Waals surface area contributed by atoms with E-state index in [9.17, 15) is 8.42 Å². The molecule has 18 heavy (non-hydrogen) atoms. The fraction of sp³-hybridized carbons (Fsp3) is 0.538. The second-order valence-electron chi connectivity index (χ2n) is 5.68. The molecule has 1 rings (SSSR count). The van der Waals surface area contributed by atoms with Gasteiger partial charge in [-0.1, -0.05) is 32.9 Å². The molecule has 5 heteroatoms. The van der Waals surface area contributed by atoms with Gasteiger partial charge < -0.3 is 5.32 Å². The van der Waals surface area contributed by atoms with E-state index in [-0.39, 0.29) is 10.3 Å². The third-order valence-electron chi connectivity index (χ3n) is 2.50. The van der Waals surface area contributed by atoms with Crippen LogP contribution in [0.5, 0.6) is 0 Å². The molecule has 0 heterocycles. The van der Waals surface area contributed by atoms with Crippen molar-refractivity contribution >= 4 is 10.0 Å². The van der Waals surface area contributed by atoms with Gasteiger partial charge in [-0.15, -0.1) is 0 Å². The predicted molar refractivity (Wildman–Crippen MR) is 73.8 cm³/mol. The first kappa shape index (κ1) is 15.1. The molecule has 0 atom stereocenters. The van der Waals surface area contributed by atoms with Crippen LogP contribution in [0.1, 0.15) is 26.3 Å². The van der Waals surface area contributed by atoms with E-state index < -0.39 is 10.0 Å². The minimum atomic E-state index is -3.58. The molecule has 0 aromatic heterocycles. The number of primary sulfonamides is 1. The molecule has 0 fully saturated rings. The second-order valence-corrected chi connectivity index (χ2v) is 7.24. The van der Waals surface area contributed by atoms with Crippen molar-refractivity contribution < 1.29 is 8.42 Å². The third-order valence-corrected chi connectivity index (χ3v) is 3.43. The zero-order valence-corrected chi connectivity index (χ0v) is 12.0. The molecule has 4 nitrogen and oxygen atoms in total. The van der Waals surface area contributed by atoms with Crippen molar-refractivity contribution in [2.45, 2.75) is 32.1 Å². The highest BCUT2D eigenvalue weighted by Gasteiger charge is 2.09. The quantitative estimate of drug-likeness (QED) is 0.797. The van der Waals surface area contributed by atoms with Gasteiger partial charge in [-0.25, -0.2) is 13.6 Å². The van der Waals surface area contributed by atoms with Crippen LogP contribution in [-0.2, 0) is 16.4 Å². The first-order valence-corrected chi connectivity index (χ1v) is 7.56. The Labute approximate surface area is 110 Å². The molecule has 1 aromatic rings. The van der Waals surface area contributed by atoms with Gasteiger partial charge >= 0.3 is 0 Å². The van der Waals surface area contributed by atoms with Crippen molar-refractivity contribution in [3.05, 3.63) is 29.8 Å². The summed E-state index contributed by atoms with van der Waals surface area (Å²) in [5, 5.41) is 8.41. The Morgan fingerprint density at radius 1 is 1.17 bits per heavy atom. The molecule has 0 spiro atoms. The number of benzene rings is 1. The smallest absolute Gasteiger partial charge is 0.238 e. The Kier molecular flexibility index (Phi) is 4.90. The SMILES string of the molecule is CC(C)(C)CNCCc1ccc(S(N)(=O)=O)cc1. The van der Waals surface area contributed by atoms with E-state index in [0.717, 1.165) is 25.1 Å². The molecule has 0 saturated carbocycles. The summed E-state index contributed by atoms with van der Waals surface area (Å²) in [6.07, 6.45) is 0.876. The zero-order chi connectivity index (χ0) is 13.8. The van der Waals surface area contributed by atoms with Gasteiger partial charge in [0.15, 0.2) is 0 Å². The van der Waals surface area contributed by atoms with Crippen LogP contribution in [0.4, 0.5) is 0 Å². The number of sulfonamides is 1.